The van der Waals surface area contributed by atoms with E-state index in [1.807, 2.05) is 0 Å². The zero-order chi connectivity index (χ0) is 16.5. The van der Waals surface area contributed by atoms with E-state index in [1.165, 1.54) is 6.07 Å². The van der Waals surface area contributed by atoms with Crippen LogP contribution in [0, 0.1) is 10.1 Å². The number of aromatic hydroxyl groups is 1. The molecule has 22 heavy (non-hydrogen) atoms. The summed E-state index contributed by atoms with van der Waals surface area (Å²) in [6.07, 6.45) is -4.73. The smallest absolute Gasteiger partial charge is 0.417 e. The minimum absolute atomic E-state index is 0.318. The molecule has 1 N–H and O–H groups in total. The molecule has 2 aromatic carbocycles. The number of benzene rings is 2. The van der Waals surface area contributed by atoms with Gasteiger partial charge in [0.05, 0.1) is 10.5 Å². The largest absolute Gasteiger partial charge is 0.502 e. The molecule has 0 aliphatic carbocycles. The average molecular weight is 311 g/mol. The highest BCUT2D eigenvalue weighted by molar-refractivity contribution is 6.10. The predicted molar refractivity (Wildman–Crippen MR) is 69.6 cm³/mol. The van der Waals surface area contributed by atoms with Crippen LogP contribution in [0.3, 0.4) is 0 Å². The number of phenolic OH excluding ortho intramolecular Hbond substituents is 1. The van der Waals surface area contributed by atoms with Crippen LogP contribution < -0.4 is 0 Å². The Hall–Kier alpha value is -2.90. The Kier molecular flexibility index (Phi) is 3.85. The number of nitrogens with zero attached hydrogens (tertiary/aromatic N) is 1. The summed E-state index contributed by atoms with van der Waals surface area (Å²) in [6, 6.07) is 6.80. The molecule has 0 atom stereocenters. The van der Waals surface area contributed by atoms with Crippen LogP contribution in [0.15, 0.2) is 42.5 Å². The number of nitro benzene ring substituents is 1. The molecule has 0 aliphatic heterocycles. The van der Waals surface area contributed by atoms with Crippen molar-refractivity contribution in [2.75, 3.05) is 0 Å². The molecule has 0 saturated carbocycles. The fraction of sp³-hybridized carbons (Fsp3) is 0.0714. The summed E-state index contributed by atoms with van der Waals surface area (Å²) < 4.78 is 38.7. The van der Waals surface area contributed by atoms with Crippen molar-refractivity contribution < 1.29 is 28.0 Å². The number of nitro groups is 1. The number of carbonyl (C=O) groups excluding carboxylic acids is 1. The number of halogens is 3. The molecule has 0 heterocycles. The SMILES string of the molecule is O=C(c1ccc(O)c([N+](=O)[O-])c1)c1ccccc1C(F)(F)F. The minimum atomic E-state index is -4.73. The Balaban J connectivity index is 2.55. The summed E-state index contributed by atoms with van der Waals surface area (Å²) in [7, 11) is 0. The van der Waals surface area contributed by atoms with Crippen molar-refractivity contribution in [3.63, 3.8) is 0 Å². The van der Waals surface area contributed by atoms with E-state index < -0.39 is 39.4 Å². The maximum atomic E-state index is 12.9. The Morgan fingerprint density at radius 2 is 1.77 bits per heavy atom. The Morgan fingerprint density at radius 3 is 2.36 bits per heavy atom. The van der Waals surface area contributed by atoms with Gasteiger partial charge >= 0.3 is 11.9 Å². The normalized spacial score (nSPS) is 11.2. The van der Waals surface area contributed by atoms with Crippen molar-refractivity contribution >= 4 is 11.5 Å². The van der Waals surface area contributed by atoms with E-state index >= 15 is 0 Å². The summed E-state index contributed by atoms with van der Waals surface area (Å²) >= 11 is 0. The number of rotatable bonds is 3. The minimum Gasteiger partial charge on any atom is -0.502 e. The Morgan fingerprint density at radius 1 is 1.14 bits per heavy atom. The van der Waals surface area contributed by atoms with Gasteiger partial charge < -0.3 is 5.11 Å². The molecule has 2 rings (SSSR count). The lowest BCUT2D eigenvalue weighted by Crippen LogP contribution is -2.13. The third-order valence-electron chi connectivity index (χ3n) is 2.91. The lowest BCUT2D eigenvalue weighted by molar-refractivity contribution is -0.385. The van der Waals surface area contributed by atoms with Crippen LogP contribution in [-0.4, -0.2) is 15.8 Å². The van der Waals surface area contributed by atoms with E-state index in [0.29, 0.717) is 0 Å². The number of alkyl halides is 3. The molecular formula is C14H8F3NO4. The number of phenols is 1. The van der Waals surface area contributed by atoms with Crippen LogP contribution in [0.2, 0.25) is 0 Å². The number of ketones is 1. The summed E-state index contributed by atoms with van der Waals surface area (Å²) in [5.74, 6) is -1.69. The van der Waals surface area contributed by atoms with Crippen LogP contribution in [0.25, 0.3) is 0 Å². The monoisotopic (exact) mass is 311 g/mol. The number of hydrogen-bond donors (Lipinski definition) is 1. The van der Waals surface area contributed by atoms with Gasteiger partial charge in [-0.1, -0.05) is 18.2 Å². The van der Waals surface area contributed by atoms with E-state index in [0.717, 1.165) is 36.4 Å². The third-order valence-corrected chi connectivity index (χ3v) is 2.91. The van der Waals surface area contributed by atoms with Crippen molar-refractivity contribution in [2.45, 2.75) is 6.18 Å². The number of hydrogen-bond acceptors (Lipinski definition) is 4. The van der Waals surface area contributed by atoms with Crippen LogP contribution in [0.4, 0.5) is 18.9 Å². The van der Waals surface area contributed by atoms with Crippen molar-refractivity contribution in [3.8, 4) is 5.75 Å². The average Bonchev–Trinajstić information content (AvgIpc) is 2.46. The summed E-state index contributed by atoms with van der Waals surface area (Å²) in [6.45, 7) is 0. The van der Waals surface area contributed by atoms with Gasteiger partial charge in [-0.15, -0.1) is 0 Å². The highest BCUT2D eigenvalue weighted by atomic mass is 19.4. The first-order chi connectivity index (χ1) is 10.2. The highest BCUT2D eigenvalue weighted by Gasteiger charge is 2.35. The first-order valence-corrected chi connectivity index (χ1v) is 5.90. The molecule has 0 amide bonds. The molecule has 0 aliphatic rings. The van der Waals surface area contributed by atoms with Crippen LogP contribution >= 0.6 is 0 Å². The van der Waals surface area contributed by atoms with Gasteiger partial charge in [-0.2, -0.15) is 13.2 Å². The predicted octanol–water partition coefficient (Wildman–Crippen LogP) is 3.55. The van der Waals surface area contributed by atoms with Gasteiger partial charge in [0.25, 0.3) is 0 Å². The van der Waals surface area contributed by atoms with E-state index in [2.05, 4.69) is 0 Å². The molecule has 0 aromatic heterocycles. The molecule has 0 saturated heterocycles. The van der Waals surface area contributed by atoms with Gasteiger partial charge in [0.15, 0.2) is 11.5 Å². The zero-order valence-corrected chi connectivity index (χ0v) is 10.8. The highest BCUT2D eigenvalue weighted by Crippen LogP contribution is 2.34. The van der Waals surface area contributed by atoms with Gasteiger partial charge in [0, 0.05) is 17.2 Å². The lowest BCUT2D eigenvalue weighted by Gasteiger charge is -2.11. The molecular weight excluding hydrogens is 303 g/mol. The second-order valence-electron chi connectivity index (χ2n) is 4.33. The Bertz CT molecular complexity index is 756. The fourth-order valence-corrected chi connectivity index (χ4v) is 1.89. The first-order valence-electron chi connectivity index (χ1n) is 5.90. The van der Waals surface area contributed by atoms with Gasteiger partial charge in [0.1, 0.15) is 0 Å². The molecule has 0 radical (unpaired) electrons. The molecule has 8 heteroatoms. The van der Waals surface area contributed by atoms with Gasteiger partial charge in [0.2, 0.25) is 0 Å². The molecule has 0 fully saturated rings. The van der Waals surface area contributed by atoms with Gasteiger partial charge in [-0.3, -0.25) is 14.9 Å². The molecule has 0 bridgehead atoms. The summed E-state index contributed by atoms with van der Waals surface area (Å²) in [5, 5.41) is 20.0. The second kappa shape index (κ2) is 5.47. The topological polar surface area (TPSA) is 80.4 Å². The lowest BCUT2D eigenvalue weighted by atomic mass is 9.97. The Labute approximate surface area is 121 Å². The second-order valence-corrected chi connectivity index (χ2v) is 4.33. The first kappa shape index (κ1) is 15.5. The van der Waals surface area contributed by atoms with E-state index in [4.69, 9.17) is 0 Å². The van der Waals surface area contributed by atoms with Crippen LogP contribution in [-0.2, 0) is 6.18 Å². The molecule has 2 aromatic rings. The summed E-state index contributed by atoms with van der Waals surface area (Å²) in [4.78, 5) is 22.0. The maximum Gasteiger partial charge on any atom is 0.417 e. The molecule has 0 unspecified atom stereocenters. The molecule has 5 nitrogen and oxygen atoms in total. The van der Waals surface area contributed by atoms with Gasteiger partial charge in [-0.25, -0.2) is 0 Å². The molecule has 114 valence electrons. The number of carbonyl (C=O) groups is 1. The van der Waals surface area contributed by atoms with Crippen molar-refractivity contribution in [1.29, 1.82) is 0 Å². The maximum absolute atomic E-state index is 12.9. The van der Waals surface area contributed by atoms with E-state index in [-0.39, 0.29) is 5.56 Å². The fourth-order valence-electron chi connectivity index (χ4n) is 1.89. The third kappa shape index (κ3) is 2.90. The van der Waals surface area contributed by atoms with Crippen molar-refractivity contribution in [2.24, 2.45) is 0 Å². The van der Waals surface area contributed by atoms with Crippen molar-refractivity contribution in [3.05, 3.63) is 69.3 Å². The standard InChI is InChI=1S/C14H8F3NO4/c15-14(16,17)10-4-2-1-3-9(10)13(20)8-5-6-12(19)11(7-8)18(21)22/h1-7,19H. The van der Waals surface area contributed by atoms with Crippen LogP contribution in [0.1, 0.15) is 21.5 Å². The summed E-state index contributed by atoms with van der Waals surface area (Å²) in [5.41, 5.74) is -2.82. The zero-order valence-electron chi connectivity index (χ0n) is 10.8. The van der Waals surface area contributed by atoms with E-state index in [9.17, 15) is 33.2 Å². The quantitative estimate of drug-likeness (QED) is 0.534. The van der Waals surface area contributed by atoms with Gasteiger partial charge in [-0.05, 0) is 18.2 Å². The molecule has 0 spiro atoms. The van der Waals surface area contributed by atoms with E-state index in [1.54, 1.807) is 0 Å². The van der Waals surface area contributed by atoms with Crippen LogP contribution in [0.5, 0.6) is 5.75 Å². The van der Waals surface area contributed by atoms with Crippen molar-refractivity contribution in [1.82, 2.24) is 0 Å².